The van der Waals surface area contributed by atoms with Gasteiger partial charge in [0, 0.05) is 23.0 Å². The molecule has 0 aliphatic carbocycles. The number of nitrogens with one attached hydrogen (secondary N) is 1. The van der Waals surface area contributed by atoms with Crippen molar-refractivity contribution in [1.82, 2.24) is 0 Å². The Morgan fingerprint density at radius 3 is 2.88 bits per heavy atom. The second-order valence-electron chi connectivity index (χ2n) is 3.59. The number of carbonyl (C=O) groups excluding carboxylic acids is 1. The van der Waals surface area contributed by atoms with Crippen molar-refractivity contribution in [2.45, 2.75) is 25.7 Å². The van der Waals surface area contributed by atoms with Gasteiger partial charge in [-0.3, -0.25) is 4.79 Å². The van der Waals surface area contributed by atoms with Gasteiger partial charge in [-0.25, -0.2) is 0 Å². The van der Waals surface area contributed by atoms with E-state index in [4.69, 9.17) is 18.0 Å². The highest BCUT2D eigenvalue weighted by Crippen LogP contribution is 2.25. The molecular weight excluding hydrogens is 302 g/mol. The molecule has 0 fully saturated rings. The van der Waals surface area contributed by atoms with Gasteiger partial charge in [0.25, 0.3) is 0 Å². The lowest BCUT2D eigenvalue weighted by molar-refractivity contribution is -0.116. The van der Waals surface area contributed by atoms with Gasteiger partial charge in [-0.15, -0.1) is 12.3 Å². The van der Waals surface area contributed by atoms with Gasteiger partial charge in [0.2, 0.25) is 5.91 Å². The summed E-state index contributed by atoms with van der Waals surface area (Å²) in [7, 11) is 0. The zero-order valence-corrected chi connectivity index (χ0v) is 11.6. The Balaban J connectivity index is 2.40. The minimum atomic E-state index is -0.0135. The predicted octanol–water partition coefficient (Wildman–Crippen LogP) is 4.23. The van der Waals surface area contributed by atoms with Gasteiger partial charge in [0.15, 0.2) is 0 Å². The van der Waals surface area contributed by atoms with E-state index in [0.717, 1.165) is 23.7 Å². The van der Waals surface area contributed by atoms with Crippen molar-refractivity contribution in [1.29, 1.82) is 0 Å². The molecule has 0 atom stereocenters. The van der Waals surface area contributed by atoms with Gasteiger partial charge < -0.3 is 5.32 Å². The predicted molar refractivity (Wildman–Crippen MR) is 75.1 cm³/mol. The van der Waals surface area contributed by atoms with Crippen LogP contribution in [0.2, 0.25) is 5.02 Å². The lowest BCUT2D eigenvalue weighted by atomic mass is 10.2. The number of unbranched alkanes of at least 4 members (excludes halogenated alkanes) is 2. The fourth-order valence-electron chi connectivity index (χ4n) is 1.31. The average Bonchev–Trinajstić information content (AvgIpc) is 2.30. The summed E-state index contributed by atoms with van der Waals surface area (Å²) in [5.74, 6) is 2.54. The number of anilines is 1. The van der Waals surface area contributed by atoms with Crippen molar-refractivity contribution >= 4 is 39.1 Å². The van der Waals surface area contributed by atoms with E-state index in [1.807, 2.05) is 0 Å². The summed E-state index contributed by atoms with van der Waals surface area (Å²) in [4.78, 5) is 11.6. The van der Waals surface area contributed by atoms with Gasteiger partial charge in [0.05, 0.1) is 5.02 Å². The molecule has 1 N–H and O–H groups in total. The minimum absolute atomic E-state index is 0.0135. The van der Waals surface area contributed by atoms with E-state index in [2.05, 4.69) is 27.2 Å². The number of terminal acetylenes is 1. The highest BCUT2D eigenvalue weighted by molar-refractivity contribution is 9.10. The molecule has 17 heavy (non-hydrogen) atoms. The van der Waals surface area contributed by atoms with Crippen molar-refractivity contribution in [3.8, 4) is 12.3 Å². The average molecular weight is 315 g/mol. The van der Waals surface area contributed by atoms with Crippen LogP contribution in [0.4, 0.5) is 5.69 Å². The number of amides is 1. The van der Waals surface area contributed by atoms with Crippen LogP contribution < -0.4 is 5.32 Å². The fourth-order valence-corrected chi connectivity index (χ4v) is 1.74. The Morgan fingerprint density at radius 1 is 1.47 bits per heavy atom. The number of carbonyl (C=O) groups is 1. The van der Waals surface area contributed by atoms with Crippen LogP contribution in [0.25, 0.3) is 0 Å². The zero-order chi connectivity index (χ0) is 12.7. The second kappa shape index (κ2) is 7.37. The fraction of sp³-hybridized carbons (Fsp3) is 0.308. The molecular formula is C13H13BrClNO. The van der Waals surface area contributed by atoms with Crippen LogP contribution in [0.3, 0.4) is 0 Å². The smallest absolute Gasteiger partial charge is 0.224 e. The number of rotatable bonds is 5. The van der Waals surface area contributed by atoms with Crippen LogP contribution in [0, 0.1) is 12.3 Å². The highest BCUT2D eigenvalue weighted by Gasteiger charge is 2.04. The SMILES string of the molecule is C#CCCCCC(=O)Nc1ccc(Br)c(Cl)c1. The quantitative estimate of drug-likeness (QED) is 0.639. The van der Waals surface area contributed by atoms with Crippen molar-refractivity contribution in [3.05, 3.63) is 27.7 Å². The van der Waals surface area contributed by atoms with Crippen LogP contribution in [0.5, 0.6) is 0 Å². The third-order valence-corrected chi connectivity index (χ3v) is 3.41. The summed E-state index contributed by atoms with van der Waals surface area (Å²) >= 11 is 9.21. The third-order valence-electron chi connectivity index (χ3n) is 2.18. The molecule has 0 radical (unpaired) electrons. The molecule has 0 unspecified atom stereocenters. The Bertz CT molecular complexity index is 440. The molecule has 90 valence electrons. The maximum atomic E-state index is 11.6. The molecule has 1 aromatic rings. The van der Waals surface area contributed by atoms with Gasteiger partial charge >= 0.3 is 0 Å². The van der Waals surface area contributed by atoms with E-state index in [0.29, 0.717) is 17.1 Å². The molecule has 0 saturated carbocycles. The van der Waals surface area contributed by atoms with E-state index in [-0.39, 0.29) is 5.91 Å². The number of hydrogen-bond donors (Lipinski definition) is 1. The maximum absolute atomic E-state index is 11.6. The van der Waals surface area contributed by atoms with E-state index in [9.17, 15) is 4.79 Å². The van der Waals surface area contributed by atoms with E-state index in [1.54, 1.807) is 18.2 Å². The Labute approximate surface area is 115 Å². The van der Waals surface area contributed by atoms with Crippen molar-refractivity contribution in [3.63, 3.8) is 0 Å². The standard InChI is InChI=1S/C13H13BrClNO/c1-2-3-4-5-6-13(17)16-10-7-8-11(14)12(15)9-10/h1,7-9H,3-6H2,(H,16,17). The molecule has 0 aromatic heterocycles. The van der Waals surface area contributed by atoms with Crippen LogP contribution in [0.1, 0.15) is 25.7 Å². The second-order valence-corrected chi connectivity index (χ2v) is 4.85. The molecule has 0 bridgehead atoms. The summed E-state index contributed by atoms with van der Waals surface area (Å²) in [5.41, 5.74) is 0.708. The molecule has 0 aliphatic rings. The maximum Gasteiger partial charge on any atom is 0.224 e. The monoisotopic (exact) mass is 313 g/mol. The van der Waals surface area contributed by atoms with Gasteiger partial charge in [0.1, 0.15) is 0 Å². The summed E-state index contributed by atoms with van der Waals surface area (Å²) in [6.45, 7) is 0. The molecule has 1 aromatic carbocycles. The van der Waals surface area contributed by atoms with Crippen LogP contribution in [-0.4, -0.2) is 5.91 Å². The summed E-state index contributed by atoms with van der Waals surface area (Å²) in [5, 5.41) is 3.37. The molecule has 1 rings (SSSR count). The number of hydrogen-bond acceptors (Lipinski definition) is 1. The largest absolute Gasteiger partial charge is 0.326 e. The van der Waals surface area contributed by atoms with Crippen molar-refractivity contribution in [2.75, 3.05) is 5.32 Å². The number of benzene rings is 1. The van der Waals surface area contributed by atoms with Crippen LogP contribution in [0.15, 0.2) is 22.7 Å². The van der Waals surface area contributed by atoms with Crippen LogP contribution >= 0.6 is 27.5 Å². The normalized spacial score (nSPS) is 9.71. The summed E-state index contributed by atoms with van der Waals surface area (Å²) in [6.07, 6.45) is 8.02. The molecule has 0 saturated heterocycles. The van der Waals surface area contributed by atoms with E-state index >= 15 is 0 Å². The zero-order valence-electron chi connectivity index (χ0n) is 9.30. The molecule has 0 aliphatic heterocycles. The van der Waals surface area contributed by atoms with Crippen LogP contribution in [-0.2, 0) is 4.79 Å². The number of halogens is 2. The first-order valence-corrected chi connectivity index (χ1v) is 6.49. The van der Waals surface area contributed by atoms with Crippen molar-refractivity contribution < 1.29 is 4.79 Å². The lowest BCUT2D eigenvalue weighted by Crippen LogP contribution is -2.10. The van der Waals surface area contributed by atoms with E-state index < -0.39 is 0 Å². The molecule has 4 heteroatoms. The lowest BCUT2D eigenvalue weighted by Gasteiger charge is -2.06. The topological polar surface area (TPSA) is 29.1 Å². The van der Waals surface area contributed by atoms with Gasteiger partial charge in [-0.1, -0.05) is 11.6 Å². The van der Waals surface area contributed by atoms with E-state index in [1.165, 1.54) is 0 Å². The van der Waals surface area contributed by atoms with Crippen molar-refractivity contribution in [2.24, 2.45) is 0 Å². The first-order valence-electron chi connectivity index (χ1n) is 5.32. The Kier molecular flexibility index (Phi) is 6.10. The Morgan fingerprint density at radius 2 is 2.24 bits per heavy atom. The minimum Gasteiger partial charge on any atom is -0.326 e. The molecule has 0 heterocycles. The first-order chi connectivity index (χ1) is 8.13. The molecule has 0 spiro atoms. The summed E-state index contributed by atoms with van der Waals surface area (Å²) in [6, 6.07) is 5.32. The molecule has 1 amide bonds. The highest BCUT2D eigenvalue weighted by atomic mass is 79.9. The van der Waals surface area contributed by atoms with Gasteiger partial charge in [-0.2, -0.15) is 0 Å². The van der Waals surface area contributed by atoms with Gasteiger partial charge in [-0.05, 0) is 47.0 Å². The first kappa shape index (κ1) is 14.1. The molecule has 2 nitrogen and oxygen atoms in total. The Hall–Kier alpha value is -0.980. The summed E-state index contributed by atoms with van der Waals surface area (Å²) < 4.78 is 0.811. The third kappa shape index (κ3) is 5.25.